The van der Waals surface area contributed by atoms with Crippen molar-refractivity contribution in [2.24, 2.45) is 5.73 Å². The summed E-state index contributed by atoms with van der Waals surface area (Å²) in [6.07, 6.45) is 4.92. The molecule has 1 aromatic rings. The molecule has 1 heterocycles. The van der Waals surface area contributed by atoms with Gasteiger partial charge < -0.3 is 5.73 Å². The Morgan fingerprint density at radius 3 is 2.61 bits per heavy atom. The summed E-state index contributed by atoms with van der Waals surface area (Å²) in [6, 6.07) is 11.4. The molecule has 2 unspecified atom stereocenters. The predicted octanol–water partition coefficient (Wildman–Crippen LogP) is 2.82. The van der Waals surface area contributed by atoms with Gasteiger partial charge in [-0.2, -0.15) is 0 Å². The van der Waals surface area contributed by atoms with E-state index in [4.69, 9.17) is 5.73 Å². The summed E-state index contributed by atoms with van der Waals surface area (Å²) in [5.41, 5.74) is 7.65. The van der Waals surface area contributed by atoms with Gasteiger partial charge in [0.15, 0.2) is 0 Å². The van der Waals surface area contributed by atoms with Crippen molar-refractivity contribution in [3.63, 3.8) is 0 Å². The van der Waals surface area contributed by atoms with Crippen LogP contribution in [0.5, 0.6) is 0 Å². The summed E-state index contributed by atoms with van der Waals surface area (Å²) < 4.78 is 0. The van der Waals surface area contributed by atoms with Crippen molar-refractivity contribution in [1.82, 2.24) is 4.90 Å². The van der Waals surface area contributed by atoms with Crippen LogP contribution in [0.3, 0.4) is 0 Å². The van der Waals surface area contributed by atoms with E-state index in [9.17, 15) is 0 Å². The van der Waals surface area contributed by atoms with Gasteiger partial charge in [-0.15, -0.1) is 0 Å². The average molecular weight is 246 g/mol. The molecule has 1 saturated heterocycles. The van der Waals surface area contributed by atoms with Gasteiger partial charge in [0.2, 0.25) is 0 Å². The van der Waals surface area contributed by atoms with E-state index in [1.165, 1.54) is 24.9 Å². The highest BCUT2D eigenvalue weighted by molar-refractivity contribution is 5.15. The molecular weight excluding hydrogens is 220 g/mol. The average Bonchev–Trinajstić information content (AvgIpc) is 2.84. The van der Waals surface area contributed by atoms with Gasteiger partial charge in [0.05, 0.1) is 0 Å². The fourth-order valence-corrected chi connectivity index (χ4v) is 3.16. The highest BCUT2D eigenvalue weighted by Gasteiger charge is 2.35. The minimum Gasteiger partial charge on any atom is -0.329 e. The monoisotopic (exact) mass is 246 g/mol. The quantitative estimate of drug-likeness (QED) is 0.865. The van der Waals surface area contributed by atoms with Crippen molar-refractivity contribution >= 4 is 0 Å². The Labute approximate surface area is 111 Å². The summed E-state index contributed by atoms with van der Waals surface area (Å²) >= 11 is 0. The molecule has 0 bridgehead atoms. The van der Waals surface area contributed by atoms with Gasteiger partial charge in [-0.25, -0.2) is 0 Å². The first-order chi connectivity index (χ1) is 8.65. The lowest BCUT2D eigenvalue weighted by atomic mass is 9.90. The van der Waals surface area contributed by atoms with Crippen LogP contribution in [0.25, 0.3) is 0 Å². The Morgan fingerprint density at radius 1 is 1.33 bits per heavy atom. The molecule has 2 nitrogen and oxygen atoms in total. The molecule has 2 rings (SSSR count). The first-order valence-electron chi connectivity index (χ1n) is 7.16. The minimum atomic E-state index is 0.158. The van der Waals surface area contributed by atoms with Crippen LogP contribution in [0.15, 0.2) is 30.3 Å². The number of likely N-dealkylation sites (tertiary alicyclic amines) is 1. The van der Waals surface area contributed by atoms with Crippen LogP contribution in [0, 0.1) is 0 Å². The second kappa shape index (κ2) is 5.85. The maximum Gasteiger partial charge on any atom is 0.0309 e. The molecule has 1 aromatic carbocycles. The van der Waals surface area contributed by atoms with E-state index in [1.807, 2.05) is 0 Å². The van der Waals surface area contributed by atoms with Crippen molar-refractivity contribution < 1.29 is 0 Å². The lowest BCUT2D eigenvalue weighted by Gasteiger charge is -2.41. The maximum atomic E-state index is 6.07. The van der Waals surface area contributed by atoms with Gasteiger partial charge in [-0.3, -0.25) is 4.90 Å². The molecule has 2 atom stereocenters. The van der Waals surface area contributed by atoms with Gasteiger partial charge in [-0.05, 0) is 51.6 Å². The first-order valence-corrected chi connectivity index (χ1v) is 7.16. The van der Waals surface area contributed by atoms with Gasteiger partial charge in [-0.1, -0.05) is 30.3 Å². The number of nitrogens with two attached hydrogens (primary N) is 1. The zero-order valence-corrected chi connectivity index (χ0v) is 11.7. The molecule has 0 radical (unpaired) electrons. The zero-order chi connectivity index (χ0) is 13.0. The van der Waals surface area contributed by atoms with E-state index in [-0.39, 0.29) is 5.54 Å². The number of aryl methyl sites for hydroxylation is 1. The lowest BCUT2D eigenvalue weighted by Crippen LogP contribution is -2.53. The molecule has 18 heavy (non-hydrogen) atoms. The van der Waals surface area contributed by atoms with E-state index in [2.05, 4.69) is 49.1 Å². The summed E-state index contributed by atoms with van der Waals surface area (Å²) in [4.78, 5) is 2.62. The van der Waals surface area contributed by atoms with Crippen molar-refractivity contribution in [2.45, 2.75) is 51.1 Å². The molecule has 0 saturated carbocycles. The van der Waals surface area contributed by atoms with Gasteiger partial charge >= 0.3 is 0 Å². The van der Waals surface area contributed by atoms with Crippen LogP contribution in [-0.4, -0.2) is 29.6 Å². The van der Waals surface area contributed by atoms with E-state index in [0.29, 0.717) is 6.04 Å². The standard InChI is InChI=1S/C16H26N2/c1-14-7-6-12-18(14)16(2,13-17)11-10-15-8-4-3-5-9-15/h3-5,8-9,14H,6-7,10-13,17H2,1-2H3. The topological polar surface area (TPSA) is 29.3 Å². The smallest absolute Gasteiger partial charge is 0.0309 e. The minimum absolute atomic E-state index is 0.158. The van der Waals surface area contributed by atoms with E-state index >= 15 is 0 Å². The van der Waals surface area contributed by atoms with Gasteiger partial charge in [0.1, 0.15) is 0 Å². The number of rotatable bonds is 5. The Balaban J connectivity index is 1.99. The van der Waals surface area contributed by atoms with Crippen LogP contribution >= 0.6 is 0 Å². The molecule has 100 valence electrons. The highest BCUT2D eigenvalue weighted by atomic mass is 15.2. The first kappa shape index (κ1) is 13.6. The van der Waals surface area contributed by atoms with Crippen molar-refractivity contribution in [3.05, 3.63) is 35.9 Å². The van der Waals surface area contributed by atoms with Crippen molar-refractivity contribution in [3.8, 4) is 0 Å². The molecule has 0 amide bonds. The number of hydrogen-bond donors (Lipinski definition) is 1. The number of benzene rings is 1. The Hall–Kier alpha value is -0.860. The molecule has 2 heteroatoms. The molecule has 0 aliphatic carbocycles. The second-order valence-electron chi connectivity index (χ2n) is 5.87. The van der Waals surface area contributed by atoms with E-state index in [0.717, 1.165) is 19.4 Å². The van der Waals surface area contributed by atoms with Gasteiger partial charge in [0, 0.05) is 18.1 Å². The zero-order valence-electron chi connectivity index (χ0n) is 11.7. The SMILES string of the molecule is CC1CCCN1C(C)(CN)CCc1ccccc1. The molecule has 1 aliphatic rings. The third-order valence-corrected chi connectivity index (χ3v) is 4.48. The van der Waals surface area contributed by atoms with Crippen LogP contribution < -0.4 is 5.73 Å². The normalized spacial score (nSPS) is 24.1. The fourth-order valence-electron chi connectivity index (χ4n) is 3.16. The highest BCUT2D eigenvalue weighted by Crippen LogP contribution is 2.29. The number of nitrogens with zero attached hydrogens (tertiary/aromatic N) is 1. The van der Waals surface area contributed by atoms with Crippen LogP contribution in [0.4, 0.5) is 0 Å². The third-order valence-electron chi connectivity index (χ3n) is 4.48. The van der Waals surface area contributed by atoms with E-state index < -0.39 is 0 Å². The summed E-state index contributed by atoms with van der Waals surface area (Å²) in [5, 5.41) is 0. The van der Waals surface area contributed by atoms with Crippen molar-refractivity contribution in [1.29, 1.82) is 0 Å². The second-order valence-corrected chi connectivity index (χ2v) is 5.87. The van der Waals surface area contributed by atoms with Crippen molar-refractivity contribution in [2.75, 3.05) is 13.1 Å². The molecular formula is C16H26N2. The fraction of sp³-hybridized carbons (Fsp3) is 0.625. The molecule has 1 fully saturated rings. The third kappa shape index (κ3) is 2.93. The maximum absolute atomic E-state index is 6.07. The molecule has 1 aliphatic heterocycles. The van der Waals surface area contributed by atoms with Gasteiger partial charge in [0.25, 0.3) is 0 Å². The Bertz CT molecular complexity index is 363. The van der Waals surface area contributed by atoms with Crippen LogP contribution in [0.2, 0.25) is 0 Å². The predicted molar refractivity (Wildman–Crippen MR) is 77.6 cm³/mol. The summed E-state index contributed by atoms with van der Waals surface area (Å²) in [7, 11) is 0. The molecule has 2 N–H and O–H groups in total. The Morgan fingerprint density at radius 2 is 2.06 bits per heavy atom. The Kier molecular flexibility index (Phi) is 4.41. The van der Waals surface area contributed by atoms with Crippen LogP contribution in [0.1, 0.15) is 38.7 Å². The molecule has 0 aromatic heterocycles. The summed E-state index contributed by atoms with van der Waals surface area (Å²) in [5.74, 6) is 0. The van der Waals surface area contributed by atoms with E-state index in [1.54, 1.807) is 0 Å². The summed E-state index contributed by atoms with van der Waals surface area (Å²) in [6.45, 7) is 6.63. The molecule has 0 spiro atoms. The number of hydrogen-bond acceptors (Lipinski definition) is 2. The lowest BCUT2D eigenvalue weighted by molar-refractivity contribution is 0.0951. The van der Waals surface area contributed by atoms with Crippen LogP contribution in [-0.2, 0) is 6.42 Å². The largest absolute Gasteiger partial charge is 0.329 e.